The second-order valence-electron chi connectivity index (χ2n) is 3.72. The molecule has 2 atom stereocenters. The highest BCUT2D eigenvalue weighted by Crippen LogP contribution is 2.36. The van der Waals surface area contributed by atoms with E-state index in [4.69, 9.17) is 10.5 Å². The fraction of sp³-hybridized carbons (Fsp3) is 0.667. The van der Waals surface area contributed by atoms with E-state index in [0.717, 1.165) is 12.8 Å². The Morgan fingerprint density at radius 1 is 1.67 bits per heavy atom. The molecule has 0 aromatic carbocycles. The van der Waals surface area contributed by atoms with Crippen LogP contribution in [0.2, 0.25) is 0 Å². The monoisotopic (exact) mass is 229 g/mol. The van der Waals surface area contributed by atoms with Gasteiger partial charge in [0, 0.05) is 0 Å². The number of hydrogen-bond donors (Lipinski definition) is 1. The van der Waals surface area contributed by atoms with Gasteiger partial charge in [-0.25, -0.2) is 0 Å². The lowest BCUT2D eigenvalue weighted by atomic mass is 10.1. The first-order valence-electron chi connectivity index (χ1n) is 4.91. The summed E-state index contributed by atoms with van der Waals surface area (Å²) in [4.78, 5) is 4.26. The first-order chi connectivity index (χ1) is 7.18. The van der Waals surface area contributed by atoms with E-state index in [-0.39, 0.29) is 11.1 Å². The highest BCUT2D eigenvalue weighted by molar-refractivity contribution is 7.83. The molecule has 5 nitrogen and oxygen atoms in total. The lowest BCUT2D eigenvalue weighted by Gasteiger charge is -2.22. The van der Waals surface area contributed by atoms with Crippen molar-refractivity contribution in [3.8, 4) is 0 Å². The van der Waals surface area contributed by atoms with Gasteiger partial charge in [0.1, 0.15) is 6.10 Å². The van der Waals surface area contributed by atoms with E-state index >= 15 is 0 Å². The van der Waals surface area contributed by atoms with Crippen LogP contribution in [-0.4, -0.2) is 33.7 Å². The molecule has 0 saturated heterocycles. The van der Waals surface area contributed by atoms with Gasteiger partial charge in [0.15, 0.2) is 0 Å². The molecule has 0 aromatic heterocycles. The third kappa shape index (κ3) is 2.64. The van der Waals surface area contributed by atoms with Gasteiger partial charge in [-0.1, -0.05) is 0 Å². The normalized spacial score (nSPS) is 29.8. The molecule has 0 bridgehead atoms. The maximum atomic E-state index is 10.6. The number of rotatable bonds is 3. The summed E-state index contributed by atoms with van der Waals surface area (Å²) in [7, 11) is 0. The number of nitrogens with zero attached hydrogens (tertiary/aromatic N) is 1. The van der Waals surface area contributed by atoms with Crippen molar-refractivity contribution < 1.29 is 13.5 Å². The Hall–Kier alpha value is -0.720. The van der Waals surface area contributed by atoms with E-state index in [9.17, 15) is 8.76 Å². The molecule has 15 heavy (non-hydrogen) atoms. The van der Waals surface area contributed by atoms with Crippen molar-refractivity contribution in [1.29, 1.82) is 0 Å². The summed E-state index contributed by atoms with van der Waals surface area (Å²) in [5.41, 5.74) is 6.01. The summed E-state index contributed by atoms with van der Waals surface area (Å²) < 4.78 is 26.7. The average Bonchev–Trinajstić information content (AvgIpc) is 3.02. The molecular formula is C9H13N2O3S-. The Morgan fingerprint density at radius 3 is 3.00 bits per heavy atom. The molecule has 1 unspecified atom stereocenters. The molecule has 0 aromatic rings. The molecule has 1 aliphatic carbocycles. The lowest BCUT2D eigenvalue weighted by Crippen LogP contribution is -2.31. The van der Waals surface area contributed by atoms with E-state index in [1.54, 1.807) is 0 Å². The maximum Gasteiger partial charge on any atom is 0.102 e. The van der Waals surface area contributed by atoms with Crippen molar-refractivity contribution in [3.63, 3.8) is 0 Å². The van der Waals surface area contributed by atoms with Crippen molar-refractivity contribution in [3.05, 3.63) is 11.1 Å². The van der Waals surface area contributed by atoms with Crippen LogP contribution >= 0.6 is 0 Å². The molecule has 2 N–H and O–H groups in total. The topological polar surface area (TPSA) is 87.7 Å². The number of aliphatic imine (C=N–C) groups is 1. The Bertz CT molecular complexity index is 336. The molecule has 84 valence electrons. The number of ether oxygens (including phenoxy) is 1. The van der Waals surface area contributed by atoms with Crippen molar-refractivity contribution >= 4 is 16.8 Å². The first kappa shape index (κ1) is 10.8. The van der Waals surface area contributed by atoms with Gasteiger partial charge < -0.3 is 15.0 Å². The summed E-state index contributed by atoms with van der Waals surface area (Å²) in [6.07, 6.45) is 3.60. The van der Waals surface area contributed by atoms with Gasteiger partial charge in [0.05, 0.1) is 23.9 Å². The van der Waals surface area contributed by atoms with Crippen LogP contribution in [0, 0.1) is 5.92 Å². The molecule has 6 heteroatoms. The molecule has 0 amide bonds. The lowest BCUT2D eigenvalue weighted by molar-refractivity contribution is 0.0817. The minimum atomic E-state index is -2.37. The van der Waals surface area contributed by atoms with Crippen LogP contribution < -0.4 is 5.73 Å². The molecule has 1 aliphatic heterocycles. The molecule has 0 spiro atoms. The molecule has 2 aliphatic rings. The fourth-order valence-electron chi connectivity index (χ4n) is 1.63. The molecule has 1 saturated carbocycles. The van der Waals surface area contributed by atoms with Crippen LogP contribution in [0.1, 0.15) is 12.8 Å². The smallest absolute Gasteiger partial charge is 0.102 e. The minimum Gasteiger partial charge on any atom is -0.767 e. The Morgan fingerprint density at radius 2 is 2.40 bits per heavy atom. The SMILES string of the molecule is NC(=CC1=NCCO[C@@H]1C1CC1)S(=O)[O-]. The summed E-state index contributed by atoms with van der Waals surface area (Å²) in [6, 6.07) is 0. The molecule has 0 radical (unpaired) electrons. The van der Waals surface area contributed by atoms with Gasteiger partial charge in [-0.05, 0) is 35.9 Å². The zero-order chi connectivity index (χ0) is 10.8. The second kappa shape index (κ2) is 4.42. The minimum absolute atomic E-state index is 0.0548. The van der Waals surface area contributed by atoms with Gasteiger partial charge >= 0.3 is 0 Å². The standard InChI is InChI=1S/C9H14N2O3S/c10-8(15(12)13)5-7-9(6-1-2-6)14-4-3-11-7/h5-6,9H,1-4,10H2,(H,12,13)/p-1/t9-/m1/s1. The van der Waals surface area contributed by atoms with E-state index < -0.39 is 11.1 Å². The van der Waals surface area contributed by atoms with Crippen LogP contribution in [0.4, 0.5) is 0 Å². The zero-order valence-electron chi connectivity index (χ0n) is 8.22. The average molecular weight is 229 g/mol. The highest BCUT2D eigenvalue weighted by atomic mass is 32.2. The predicted molar refractivity (Wildman–Crippen MR) is 56.0 cm³/mol. The molecule has 2 rings (SSSR count). The van der Waals surface area contributed by atoms with E-state index in [1.165, 1.54) is 6.08 Å². The predicted octanol–water partition coefficient (Wildman–Crippen LogP) is -0.0846. The number of nitrogens with two attached hydrogens (primary N) is 1. The molecule has 1 fully saturated rings. The van der Waals surface area contributed by atoms with Crippen molar-refractivity contribution in [2.24, 2.45) is 16.6 Å². The summed E-state index contributed by atoms with van der Waals surface area (Å²) in [5, 5.41) is -0.176. The first-order valence-corrected chi connectivity index (χ1v) is 5.98. The largest absolute Gasteiger partial charge is 0.767 e. The fourth-order valence-corrected chi connectivity index (χ4v) is 1.84. The number of hydrogen-bond acceptors (Lipinski definition) is 5. The van der Waals surface area contributed by atoms with Crippen LogP contribution in [0.25, 0.3) is 0 Å². The van der Waals surface area contributed by atoms with Crippen molar-refractivity contribution in [1.82, 2.24) is 0 Å². The molecule has 1 heterocycles. The van der Waals surface area contributed by atoms with Crippen LogP contribution in [0.5, 0.6) is 0 Å². The van der Waals surface area contributed by atoms with Crippen LogP contribution in [-0.2, 0) is 15.8 Å². The van der Waals surface area contributed by atoms with Crippen molar-refractivity contribution in [2.45, 2.75) is 18.9 Å². The quantitative estimate of drug-likeness (QED) is 0.685. The van der Waals surface area contributed by atoms with Gasteiger partial charge in [0.25, 0.3) is 0 Å². The van der Waals surface area contributed by atoms with Gasteiger partial charge in [-0.3, -0.25) is 9.20 Å². The summed E-state index contributed by atoms with van der Waals surface area (Å²) in [6.45, 7) is 1.19. The van der Waals surface area contributed by atoms with E-state index in [0.29, 0.717) is 24.8 Å². The van der Waals surface area contributed by atoms with Crippen LogP contribution in [0.15, 0.2) is 16.1 Å². The Balaban J connectivity index is 2.14. The third-order valence-electron chi connectivity index (χ3n) is 2.51. The van der Waals surface area contributed by atoms with Gasteiger partial charge in [-0.2, -0.15) is 0 Å². The molecular weight excluding hydrogens is 216 g/mol. The Labute approximate surface area is 90.7 Å². The van der Waals surface area contributed by atoms with Gasteiger partial charge in [0.2, 0.25) is 0 Å². The highest BCUT2D eigenvalue weighted by Gasteiger charge is 2.35. The van der Waals surface area contributed by atoms with Gasteiger partial charge in [-0.15, -0.1) is 0 Å². The summed E-state index contributed by atoms with van der Waals surface area (Å²) in [5.74, 6) is 0.494. The zero-order valence-corrected chi connectivity index (χ0v) is 9.03. The third-order valence-corrected chi connectivity index (χ3v) is 3.01. The summed E-state index contributed by atoms with van der Waals surface area (Å²) >= 11 is -2.37. The van der Waals surface area contributed by atoms with Crippen LogP contribution in [0.3, 0.4) is 0 Å². The maximum absolute atomic E-state index is 10.6. The van der Waals surface area contributed by atoms with E-state index in [2.05, 4.69) is 4.99 Å². The Kier molecular flexibility index (Phi) is 3.18. The van der Waals surface area contributed by atoms with Crippen molar-refractivity contribution in [2.75, 3.05) is 13.2 Å². The van der Waals surface area contributed by atoms with E-state index in [1.807, 2.05) is 0 Å². The second-order valence-corrected chi connectivity index (χ2v) is 4.66.